The Bertz CT molecular complexity index is 937. The summed E-state index contributed by atoms with van der Waals surface area (Å²) in [7, 11) is 1.65. The van der Waals surface area contributed by atoms with Crippen molar-refractivity contribution in [3.8, 4) is 5.75 Å². The molecule has 1 saturated heterocycles. The van der Waals surface area contributed by atoms with Crippen LogP contribution >= 0.6 is 0 Å². The van der Waals surface area contributed by atoms with E-state index in [1.807, 2.05) is 25.1 Å². The van der Waals surface area contributed by atoms with Crippen LogP contribution in [0.3, 0.4) is 0 Å². The molecule has 2 aromatic rings. The summed E-state index contributed by atoms with van der Waals surface area (Å²) >= 11 is 0. The highest BCUT2D eigenvalue weighted by molar-refractivity contribution is 6.01. The van der Waals surface area contributed by atoms with Crippen molar-refractivity contribution in [1.29, 1.82) is 0 Å². The summed E-state index contributed by atoms with van der Waals surface area (Å²) in [5.41, 5.74) is 5.32. The summed E-state index contributed by atoms with van der Waals surface area (Å²) in [6, 6.07) is 11.2. The number of hydrazone groups is 1. The van der Waals surface area contributed by atoms with Gasteiger partial charge in [-0.2, -0.15) is 5.10 Å². The lowest BCUT2D eigenvalue weighted by Crippen LogP contribution is -3.12. The predicted molar refractivity (Wildman–Crippen MR) is 111 cm³/mol. The third-order valence-electron chi connectivity index (χ3n) is 5.00. The predicted octanol–water partition coefficient (Wildman–Crippen LogP) is 1.17. The maximum Gasteiger partial charge on any atom is 0.271 e. The Labute approximate surface area is 174 Å². The minimum absolute atomic E-state index is 0.0700. The number of quaternary nitrogens is 1. The van der Waals surface area contributed by atoms with Crippen LogP contribution in [0.5, 0.6) is 5.75 Å². The zero-order valence-electron chi connectivity index (χ0n) is 17.0. The molecule has 9 heteroatoms. The smallest absolute Gasteiger partial charge is 0.271 e. The van der Waals surface area contributed by atoms with Crippen LogP contribution in [-0.2, 0) is 11.3 Å². The zero-order chi connectivity index (χ0) is 21.5. The molecule has 1 fully saturated rings. The van der Waals surface area contributed by atoms with E-state index in [0.717, 1.165) is 49.7 Å². The number of hydrogen-bond acceptors (Lipinski definition) is 6. The van der Waals surface area contributed by atoms with Gasteiger partial charge in [0.1, 0.15) is 25.4 Å². The molecule has 0 radical (unpaired) electrons. The van der Waals surface area contributed by atoms with Crippen molar-refractivity contribution in [2.24, 2.45) is 5.10 Å². The normalized spacial score (nSPS) is 14.9. The Morgan fingerprint density at radius 1 is 1.20 bits per heavy atom. The minimum Gasteiger partial charge on any atom is -0.496 e. The fourth-order valence-corrected chi connectivity index (χ4v) is 3.25. The third-order valence-corrected chi connectivity index (χ3v) is 5.00. The van der Waals surface area contributed by atoms with Crippen molar-refractivity contribution in [3.63, 3.8) is 0 Å². The standard InChI is InChI=1S/C21H24N4O5/c1-15(22-23-21(26)16-3-6-19(7-4-16)25(27)28)17-5-8-20(29-2)18(13-17)14-24-9-11-30-12-10-24/h3-8,13H,9-12,14H2,1-2H3,(H,23,26)/p+1/b22-15-. The van der Waals surface area contributed by atoms with Crippen LogP contribution < -0.4 is 15.1 Å². The van der Waals surface area contributed by atoms with E-state index in [4.69, 9.17) is 9.47 Å². The Kier molecular flexibility index (Phi) is 7.10. The molecule has 2 N–H and O–H groups in total. The lowest BCUT2D eigenvalue weighted by atomic mass is 10.1. The third kappa shape index (κ3) is 5.40. The topological polar surface area (TPSA) is 108 Å². The summed E-state index contributed by atoms with van der Waals surface area (Å²) in [6.07, 6.45) is 0. The van der Waals surface area contributed by atoms with Crippen LogP contribution in [0.4, 0.5) is 5.69 Å². The number of hydrogen-bond donors (Lipinski definition) is 2. The van der Waals surface area contributed by atoms with Crippen LogP contribution in [-0.4, -0.2) is 50.0 Å². The summed E-state index contributed by atoms with van der Waals surface area (Å²) in [6.45, 7) is 6.04. The van der Waals surface area contributed by atoms with Gasteiger partial charge in [-0.05, 0) is 42.8 Å². The molecule has 1 heterocycles. The van der Waals surface area contributed by atoms with Gasteiger partial charge in [0, 0.05) is 23.3 Å². The second kappa shape index (κ2) is 9.95. The SMILES string of the molecule is COc1ccc(/C(C)=N\NC(=O)c2ccc([N+](=O)[O-])cc2)cc1C[NH+]1CCOCC1. The van der Waals surface area contributed by atoms with Gasteiger partial charge in [0.15, 0.2) is 0 Å². The molecule has 0 atom stereocenters. The number of carbonyl (C=O) groups excluding carboxylic acids is 1. The number of rotatable bonds is 7. The van der Waals surface area contributed by atoms with Crippen LogP contribution in [0.25, 0.3) is 0 Å². The molecule has 9 nitrogen and oxygen atoms in total. The average Bonchev–Trinajstić information content (AvgIpc) is 2.78. The van der Waals surface area contributed by atoms with Crippen molar-refractivity contribution in [2.75, 3.05) is 33.4 Å². The number of benzene rings is 2. The molecule has 0 unspecified atom stereocenters. The fraction of sp³-hybridized carbons (Fsp3) is 0.333. The van der Waals surface area contributed by atoms with E-state index >= 15 is 0 Å². The Morgan fingerprint density at radius 3 is 2.50 bits per heavy atom. The van der Waals surface area contributed by atoms with Crippen LogP contribution in [0.1, 0.15) is 28.4 Å². The van der Waals surface area contributed by atoms with E-state index in [9.17, 15) is 14.9 Å². The number of methoxy groups -OCH3 is 1. The maximum atomic E-state index is 12.3. The second-order valence-electron chi connectivity index (χ2n) is 7.01. The number of amides is 1. The monoisotopic (exact) mass is 413 g/mol. The van der Waals surface area contributed by atoms with Gasteiger partial charge in [0.25, 0.3) is 11.6 Å². The molecule has 2 aromatic carbocycles. The molecular weight excluding hydrogens is 388 g/mol. The van der Waals surface area contributed by atoms with Gasteiger partial charge >= 0.3 is 0 Å². The van der Waals surface area contributed by atoms with Gasteiger partial charge in [0.2, 0.25) is 0 Å². The summed E-state index contributed by atoms with van der Waals surface area (Å²) in [5.74, 6) is 0.385. The van der Waals surface area contributed by atoms with E-state index in [1.54, 1.807) is 7.11 Å². The molecule has 1 amide bonds. The largest absolute Gasteiger partial charge is 0.496 e. The highest BCUT2D eigenvalue weighted by Gasteiger charge is 2.17. The van der Waals surface area contributed by atoms with Crippen molar-refractivity contribution in [3.05, 3.63) is 69.3 Å². The maximum absolute atomic E-state index is 12.3. The molecule has 1 aliphatic heterocycles. The molecule has 3 rings (SSSR count). The van der Waals surface area contributed by atoms with Crippen LogP contribution in [0.15, 0.2) is 47.6 Å². The van der Waals surface area contributed by atoms with Gasteiger partial charge in [-0.15, -0.1) is 0 Å². The minimum atomic E-state index is -0.510. The number of non-ortho nitro benzene ring substituents is 1. The Morgan fingerprint density at radius 2 is 1.87 bits per heavy atom. The Hall–Kier alpha value is -3.30. The summed E-state index contributed by atoms with van der Waals surface area (Å²) in [4.78, 5) is 23.9. The van der Waals surface area contributed by atoms with Crippen molar-refractivity contribution in [2.45, 2.75) is 13.5 Å². The quantitative estimate of drug-likeness (QED) is 0.403. The van der Waals surface area contributed by atoms with Gasteiger partial charge in [0.05, 0.1) is 31.0 Å². The number of morpholine rings is 1. The lowest BCUT2D eigenvalue weighted by Gasteiger charge is -2.24. The first kappa shape index (κ1) is 21.4. The number of nitro benzene ring substituents is 1. The molecule has 0 aromatic heterocycles. The van der Waals surface area contributed by atoms with Gasteiger partial charge in [-0.3, -0.25) is 14.9 Å². The Balaban J connectivity index is 1.70. The number of nitrogens with one attached hydrogen (secondary N) is 2. The molecule has 0 spiro atoms. The van der Waals surface area contributed by atoms with E-state index in [1.165, 1.54) is 29.2 Å². The molecule has 1 aliphatic rings. The number of ether oxygens (including phenoxy) is 2. The highest BCUT2D eigenvalue weighted by atomic mass is 16.6. The molecule has 30 heavy (non-hydrogen) atoms. The van der Waals surface area contributed by atoms with E-state index in [0.29, 0.717) is 11.3 Å². The number of carbonyl (C=O) groups is 1. The van der Waals surface area contributed by atoms with Gasteiger partial charge in [-0.1, -0.05) is 0 Å². The number of nitrogens with zero attached hydrogens (tertiary/aromatic N) is 2. The number of nitro groups is 1. The van der Waals surface area contributed by atoms with E-state index in [2.05, 4.69) is 10.5 Å². The van der Waals surface area contributed by atoms with E-state index in [-0.39, 0.29) is 5.69 Å². The van der Waals surface area contributed by atoms with E-state index < -0.39 is 10.8 Å². The highest BCUT2D eigenvalue weighted by Crippen LogP contribution is 2.20. The van der Waals surface area contributed by atoms with Crippen LogP contribution in [0, 0.1) is 10.1 Å². The lowest BCUT2D eigenvalue weighted by molar-refractivity contribution is -0.921. The molecule has 0 aliphatic carbocycles. The first-order valence-electron chi connectivity index (χ1n) is 9.65. The molecule has 158 valence electrons. The first-order chi connectivity index (χ1) is 14.5. The fourth-order valence-electron chi connectivity index (χ4n) is 3.25. The molecular formula is C21H25N4O5+. The molecule has 0 saturated carbocycles. The first-order valence-corrected chi connectivity index (χ1v) is 9.65. The van der Waals surface area contributed by atoms with Crippen molar-refractivity contribution in [1.82, 2.24) is 5.43 Å². The van der Waals surface area contributed by atoms with Gasteiger partial charge < -0.3 is 14.4 Å². The second-order valence-corrected chi connectivity index (χ2v) is 7.01. The summed E-state index contributed by atoms with van der Waals surface area (Å²) < 4.78 is 10.9. The van der Waals surface area contributed by atoms with Crippen LogP contribution in [0.2, 0.25) is 0 Å². The zero-order valence-corrected chi connectivity index (χ0v) is 17.0. The average molecular weight is 413 g/mol. The van der Waals surface area contributed by atoms with Gasteiger partial charge in [-0.25, -0.2) is 5.43 Å². The molecule has 0 bridgehead atoms. The van der Waals surface area contributed by atoms with Crippen molar-refractivity contribution >= 4 is 17.3 Å². The van der Waals surface area contributed by atoms with Crippen molar-refractivity contribution < 1.29 is 24.1 Å². The summed E-state index contributed by atoms with van der Waals surface area (Å²) in [5, 5.41) is 14.9.